The van der Waals surface area contributed by atoms with Gasteiger partial charge in [-0.05, 0) is 53.7 Å². The van der Waals surface area contributed by atoms with Crippen molar-refractivity contribution in [1.82, 2.24) is 40.8 Å². The van der Waals surface area contributed by atoms with Gasteiger partial charge >= 0.3 is 0 Å². The van der Waals surface area contributed by atoms with Gasteiger partial charge in [-0.25, -0.2) is 9.36 Å². The summed E-state index contributed by atoms with van der Waals surface area (Å²) in [5, 5.41) is 15.1. The number of aromatic nitrogens is 6. The van der Waals surface area contributed by atoms with Crippen LogP contribution in [-0.2, 0) is 0 Å². The summed E-state index contributed by atoms with van der Waals surface area (Å²) >= 11 is 0. The first kappa shape index (κ1) is 18.0. The smallest absolute Gasteiger partial charge is 0.267 e. The van der Waals surface area contributed by atoms with Gasteiger partial charge in [0.25, 0.3) is 11.8 Å². The highest BCUT2D eigenvalue weighted by molar-refractivity contribution is 5.99. The standard InChI is InChI=1S/C19H16N8O2/c1-13-17(11-21-27(13)16-5-3-2-4-6-16)19(29)23-22-18(28)14-7-9-15(10-8-14)26-12-20-24-25-26/h2-12H,1H3,(H,22,28)(H,23,29). The van der Waals surface area contributed by atoms with Crippen molar-refractivity contribution in [3.63, 3.8) is 0 Å². The number of hydrazine groups is 1. The van der Waals surface area contributed by atoms with Crippen molar-refractivity contribution in [1.29, 1.82) is 0 Å². The minimum atomic E-state index is -0.455. The first-order valence-electron chi connectivity index (χ1n) is 8.67. The van der Waals surface area contributed by atoms with Gasteiger partial charge in [-0.2, -0.15) is 5.10 Å². The Morgan fingerprint density at radius 2 is 1.62 bits per heavy atom. The third kappa shape index (κ3) is 3.72. The molecule has 10 heteroatoms. The van der Waals surface area contributed by atoms with E-state index in [2.05, 4.69) is 31.5 Å². The Balaban J connectivity index is 1.41. The molecule has 2 amide bonds. The highest BCUT2D eigenvalue weighted by Gasteiger charge is 2.16. The van der Waals surface area contributed by atoms with Crippen LogP contribution in [0.4, 0.5) is 0 Å². The lowest BCUT2D eigenvalue weighted by Crippen LogP contribution is -2.41. The highest BCUT2D eigenvalue weighted by Crippen LogP contribution is 2.13. The second-order valence-electron chi connectivity index (χ2n) is 6.10. The molecule has 0 atom stereocenters. The van der Waals surface area contributed by atoms with Gasteiger partial charge in [-0.1, -0.05) is 18.2 Å². The predicted molar refractivity (Wildman–Crippen MR) is 102 cm³/mol. The van der Waals surface area contributed by atoms with Gasteiger partial charge in [0.2, 0.25) is 0 Å². The van der Waals surface area contributed by atoms with E-state index in [0.29, 0.717) is 22.5 Å². The van der Waals surface area contributed by atoms with Crippen LogP contribution in [0.2, 0.25) is 0 Å². The number of nitrogens with one attached hydrogen (secondary N) is 2. The summed E-state index contributed by atoms with van der Waals surface area (Å²) in [7, 11) is 0. The highest BCUT2D eigenvalue weighted by atomic mass is 16.2. The molecule has 0 unspecified atom stereocenters. The molecule has 0 saturated heterocycles. The average molecular weight is 388 g/mol. The van der Waals surface area contributed by atoms with Crippen LogP contribution in [0.15, 0.2) is 67.1 Å². The number of para-hydroxylation sites is 1. The van der Waals surface area contributed by atoms with E-state index < -0.39 is 11.8 Å². The number of amides is 2. The second kappa shape index (κ2) is 7.72. The number of nitrogens with zero attached hydrogens (tertiary/aromatic N) is 6. The SMILES string of the molecule is Cc1c(C(=O)NNC(=O)c2ccc(-n3cnnn3)cc2)cnn1-c1ccccc1. The minimum Gasteiger partial charge on any atom is -0.267 e. The fourth-order valence-corrected chi connectivity index (χ4v) is 2.76. The molecule has 0 radical (unpaired) electrons. The van der Waals surface area contributed by atoms with E-state index in [1.165, 1.54) is 17.2 Å². The lowest BCUT2D eigenvalue weighted by atomic mass is 10.2. The van der Waals surface area contributed by atoms with Gasteiger partial charge < -0.3 is 0 Å². The monoisotopic (exact) mass is 388 g/mol. The molecule has 0 aliphatic rings. The molecular formula is C19H16N8O2. The zero-order chi connectivity index (χ0) is 20.2. The Hall–Kier alpha value is -4.34. The third-order valence-corrected chi connectivity index (χ3v) is 4.29. The number of hydrogen-bond donors (Lipinski definition) is 2. The van der Waals surface area contributed by atoms with Gasteiger partial charge in [0, 0.05) is 5.56 Å². The molecule has 10 nitrogen and oxygen atoms in total. The molecule has 2 aromatic carbocycles. The number of hydrogen-bond acceptors (Lipinski definition) is 6. The van der Waals surface area contributed by atoms with E-state index in [1.54, 1.807) is 35.9 Å². The topological polar surface area (TPSA) is 120 Å². The van der Waals surface area contributed by atoms with Crippen molar-refractivity contribution in [2.75, 3.05) is 0 Å². The van der Waals surface area contributed by atoms with E-state index in [1.807, 2.05) is 30.3 Å². The molecule has 2 aromatic heterocycles. The van der Waals surface area contributed by atoms with Crippen LogP contribution >= 0.6 is 0 Å². The minimum absolute atomic E-state index is 0.364. The maximum absolute atomic E-state index is 12.5. The van der Waals surface area contributed by atoms with Gasteiger partial charge in [-0.3, -0.25) is 20.4 Å². The van der Waals surface area contributed by atoms with Crippen LogP contribution in [0.1, 0.15) is 26.4 Å². The Kier molecular flexibility index (Phi) is 4.81. The lowest BCUT2D eigenvalue weighted by Gasteiger charge is -2.08. The molecule has 0 spiro atoms. The molecule has 0 fully saturated rings. The van der Waals surface area contributed by atoms with Crippen LogP contribution in [0.25, 0.3) is 11.4 Å². The molecule has 2 N–H and O–H groups in total. The lowest BCUT2D eigenvalue weighted by molar-refractivity contribution is 0.0846. The summed E-state index contributed by atoms with van der Waals surface area (Å²) in [6.45, 7) is 1.79. The van der Waals surface area contributed by atoms with Crippen molar-refractivity contribution in [2.24, 2.45) is 0 Å². The molecule has 4 rings (SSSR count). The van der Waals surface area contributed by atoms with E-state index in [4.69, 9.17) is 0 Å². The van der Waals surface area contributed by atoms with E-state index in [-0.39, 0.29) is 0 Å². The van der Waals surface area contributed by atoms with E-state index in [9.17, 15) is 9.59 Å². The molecule has 2 heterocycles. The number of carbonyl (C=O) groups excluding carboxylic acids is 2. The number of benzene rings is 2. The summed E-state index contributed by atoms with van der Waals surface area (Å²) in [6, 6.07) is 16.1. The van der Waals surface area contributed by atoms with Crippen molar-refractivity contribution in [3.05, 3.63) is 83.9 Å². The molecule has 0 bridgehead atoms. The quantitative estimate of drug-likeness (QED) is 0.508. The van der Waals surface area contributed by atoms with Crippen molar-refractivity contribution in [2.45, 2.75) is 6.92 Å². The Morgan fingerprint density at radius 3 is 2.31 bits per heavy atom. The zero-order valence-electron chi connectivity index (χ0n) is 15.4. The summed E-state index contributed by atoms with van der Waals surface area (Å²) in [5.74, 6) is -0.905. The van der Waals surface area contributed by atoms with Crippen LogP contribution in [0, 0.1) is 6.92 Å². The van der Waals surface area contributed by atoms with Gasteiger partial charge in [-0.15, -0.1) is 5.10 Å². The molecule has 29 heavy (non-hydrogen) atoms. The molecule has 0 aliphatic heterocycles. The molecule has 144 valence electrons. The predicted octanol–water partition coefficient (Wildman–Crippen LogP) is 1.23. The van der Waals surface area contributed by atoms with Crippen LogP contribution < -0.4 is 10.9 Å². The van der Waals surface area contributed by atoms with Crippen LogP contribution in [0.3, 0.4) is 0 Å². The fraction of sp³-hybridized carbons (Fsp3) is 0.0526. The maximum Gasteiger partial charge on any atom is 0.273 e. The first-order chi connectivity index (χ1) is 14.1. The van der Waals surface area contributed by atoms with Crippen molar-refractivity contribution >= 4 is 11.8 Å². The van der Waals surface area contributed by atoms with Crippen LogP contribution in [-0.4, -0.2) is 41.8 Å². The van der Waals surface area contributed by atoms with Gasteiger partial charge in [0.15, 0.2) is 0 Å². The summed E-state index contributed by atoms with van der Waals surface area (Å²) in [5.41, 5.74) is 7.77. The maximum atomic E-state index is 12.5. The Labute approximate surface area is 165 Å². The number of carbonyl (C=O) groups is 2. The Bertz CT molecular complexity index is 1130. The van der Waals surface area contributed by atoms with Crippen LogP contribution in [0.5, 0.6) is 0 Å². The Morgan fingerprint density at radius 1 is 0.897 bits per heavy atom. The molecule has 4 aromatic rings. The first-order valence-corrected chi connectivity index (χ1v) is 8.67. The molecular weight excluding hydrogens is 372 g/mol. The van der Waals surface area contributed by atoms with E-state index in [0.717, 1.165) is 5.69 Å². The molecule has 0 aliphatic carbocycles. The van der Waals surface area contributed by atoms with E-state index >= 15 is 0 Å². The second-order valence-corrected chi connectivity index (χ2v) is 6.10. The summed E-state index contributed by atoms with van der Waals surface area (Å²) in [4.78, 5) is 24.7. The summed E-state index contributed by atoms with van der Waals surface area (Å²) in [6.07, 6.45) is 2.91. The van der Waals surface area contributed by atoms with Crippen molar-refractivity contribution in [3.8, 4) is 11.4 Å². The fourth-order valence-electron chi connectivity index (χ4n) is 2.76. The van der Waals surface area contributed by atoms with Gasteiger partial charge in [0.05, 0.1) is 28.8 Å². The largest absolute Gasteiger partial charge is 0.273 e. The summed E-state index contributed by atoms with van der Waals surface area (Å²) < 4.78 is 3.13. The van der Waals surface area contributed by atoms with Gasteiger partial charge in [0.1, 0.15) is 6.33 Å². The third-order valence-electron chi connectivity index (χ3n) is 4.29. The molecule has 0 saturated carbocycles. The van der Waals surface area contributed by atoms with Crippen molar-refractivity contribution < 1.29 is 9.59 Å². The normalized spacial score (nSPS) is 10.5. The number of rotatable bonds is 4. The average Bonchev–Trinajstić information content (AvgIpc) is 3.43. The zero-order valence-corrected chi connectivity index (χ0v) is 15.4. The number of tetrazole rings is 1.